The van der Waals surface area contributed by atoms with Crippen LogP contribution >= 0.6 is 11.3 Å². The fourth-order valence-corrected chi connectivity index (χ4v) is 4.57. The van der Waals surface area contributed by atoms with Gasteiger partial charge in [0.05, 0.1) is 17.0 Å². The number of amides is 2. The first-order valence-electron chi connectivity index (χ1n) is 9.68. The number of nitrogens with zero attached hydrogens (tertiary/aromatic N) is 4. The zero-order chi connectivity index (χ0) is 20.4. The van der Waals surface area contributed by atoms with E-state index in [1.807, 2.05) is 35.4 Å². The van der Waals surface area contributed by atoms with E-state index in [0.29, 0.717) is 18.5 Å². The maximum atomic E-state index is 11.9. The van der Waals surface area contributed by atoms with Crippen LogP contribution in [0, 0.1) is 6.92 Å². The Kier molecular flexibility index (Phi) is 5.44. The van der Waals surface area contributed by atoms with Gasteiger partial charge < -0.3 is 15.2 Å². The Hall–Kier alpha value is -3.00. The molecule has 0 aliphatic carbocycles. The van der Waals surface area contributed by atoms with Gasteiger partial charge in [-0.2, -0.15) is 0 Å². The van der Waals surface area contributed by atoms with E-state index in [-0.39, 0.29) is 5.91 Å². The summed E-state index contributed by atoms with van der Waals surface area (Å²) in [5.74, 6) is -0.215. The molecule has 0 aromatic carbocycles. The molecular formula is C21H23N5O2S. The van der Waals surface area contributed by atoms with Crippen LogP contribution in [0.2, 0.25) is 0 Å². The van der Waals surface area contributed by atoms with Crippen molar-refractivity contribution in [1.29, 1.82) is 0 Å². The van der Waals surface area contributed by atoms with Gasteiger partial charge in [-0.05, 0) is 38.0 Å². The molecule has 1 aliphatic heterocycles. The molecule has 0 unspecified atom stereocenters. The number of primary amides is 1. The summed E-state index contributed by atoms with van der Waals surface area (Å²) >= 11 is 1.54. The largest absolute Gasteiger partial charge is 0.366 e. The maximum Gasteiger partial charge on any atom is 0.250 e. The summed E-state index contributed by atoms with van der Waals surface area (Å²) in [5, 5.41) is 2.87. The van der Waals surface area contributed by atoms with Gasteiger partial charge in [-0.25, -0.2) is 4.98 Å². The van der Waals surface area contributed by atoms with Crippen LogP contribution in [0.1, 0.15) is 35.3 Å². The molecule has 3 aromatic rings. The SMILES string of the molecule is Cc1c(C(N)=O)cc(-c2csc(-c3cccnc3)n2)n1CCCN1CCCC1=O. The van der Waals surface area contributed by atoms with E-state index in [2.05, 4.69) is 9.55 Å². The summed E-state index contributed by atoms with van der Waals surface area (Å²) < 4.78 is 2.09. The minimum absolute atomic E-state index is 0.230. The van der Waals surface area contributed by atoms with Crippen LogP contribution in [-0.2, 0) is 11.3 Å². The molecule has 3 aromatic heterocycles. The quantitative estimate of drug-likeness (QED) is 0.649. The number of thiazole rings is 1. The second-order valence-corrected chi connectivity index (χ2v) is 8.02. The fraction of sp³-hybridized carbons (Fsp3) is 0.333. The summed E-state index contributed by atoms with van der Waals surface area (Å²) in [6, 6.07) is 5.68. The predicted octanol–water partition coefficient (Wildman–Crippen LogP) is 3.09. The van der Waals surface area contributed by atoms with Crippen molar-refractivity contribution in [2.75, 3.05) is 13.1 Å². The van der Waals surface area contributed by atoms with E-state index in [1.165, 1.54) is 0 Å². The van der Waals surface area contributed by atoms with Crippen LogP contribution < -0.4 is 5.73 Å². The number of hydrogen-bond acceptors (Lipinski definition) is 5. The Morgan fingerprint density at radius 3 is 2.90 bits per heavy atom. The van der Waals surface area contributed by atoms with Crippen molar-refractivity contribution in [3.05, 3.63) is 47.2 Å². The van der Waals surface area contributed by atoms with Crippen molar-refractivity contribution in [3.8, 4) is 22.0 Å². The molecule has 1 fully saturated rings. The molecule has 2 N–H and O–H groups in total. The van der Waals surface area contributed by atoms with Gasteiger partial charge in [0.15, 0.2) is 0 Å². The molecule has 4 rings (SSSR count). The molecule has 0 spiro atoms. The predicted molar refractivity (Wildman–Crippen MR) is 112 cm³/mol. The summed E-state index contributed by atoms with van der Waals surface area (Å²) in [4.78, 5) is 34.6. The third-order valence-electron chi connectivity index (χ3n) is 5.29. The number of nitrogens with two attached hydrogens (primary N) is 1. The third-order valence-corrected chi connectivity index (χ3v) is 6.18. The number of rotatable bonds is 7. The van der Waals surface area contributed by atoms with E-state index in [9.17, 15) is 9.59 Å². The normalized spacial score (nSPS) is 14.0. The van der Waals surface area contributed by atoms with Gasteiger partial charge in [-0.1, -0.05) is 0 Å². The minimum atomic E-state index is -0.445. The molecule has 29 heavy (non-hydrogen) atoms. The van der Waals surface area contributed by atoms with Crippen LogP contribution in [0.5, 0.6) is 0 Å². The number of aromatic nitrogens is 3. The molecule has 7 nitrogen and oxygen atoms in total. The fourth-order valence-electron chi connectivity index (χ4n) is 3.77. The first-order valence-corrected chi connectivity index (χ1v) is 10.6. The Morgan fingerprint density at radius 2 is 2.21 bits per heavy atom. The van der Waals surface area contributed by atoms with Crippen LogP contribution in [-0.4, -0.2) is 44.3 Å². The molecule has 0 saturated carbocycles. The molecule has 0 atom stereocenters. The lowest BCUT2D eigenvalue weighted by Crippen LogP contribution is -2.26. The average Bonchev–Trinajstić information content (AvgIpc) is 3.43. The summed E-state index contributed by atoms with van der Waals surface area (Å²) in [6.07, 6.45) is 5.92. The Labute approximate surface area is 173 Å². The molecule has 1 aliphatic rings. The van der Waals surface area contributed by atoms with Crippen molar-refractivity contribution in [3.63, 3.8) is 0 Å². The lowest BCUT2D eigenvalue weighted by atomic mass is 10.2. The first-order chi connectivity index (χ1) is 14.0. The molecule has 2 amide bonds. The van der Waals surface area contributed by atoms with Gasteiger partial charge in [-0.3, -0.25) is 14.6 Å². The van der Waals surface area contributed by atoms with E-state index in [0.717, 1.165) is 53.6 Å². The number of carbonyl (C=O) groups excluding carboxylic acids is 2. The zero-order valence-electron chi connectivity index (χ0n) is 16.3. The Bertz CT molecular complexity index is 1040. The topological polar surface area (TPSA) is 94.1 Å². The summed E-state index contributed by atoms with van der Waals surface area (Å²) in [7, 11) is 0. The van der Waals surface area contributed by atoms with Crippen molar-refractivity contribution in [2.45, 2.75) is 32.7 Å². The number of hydrogen-bond donors (Lipinski definition) is 1. The second kappa shape index (κ2) is 8.16. The van der Waals surface area contributed by atoms with Gasteiger partial charge >= 0.3 is 0 Å². The third kappa shape index (κ3) is 3.93. The number of likely N-dealkylation sites (tertiary alicyclic amines) is 1. The summed E-state index contributed by atoms with van der Waals surface area (Å²) in [6.45, 7) is 4.15. The lowest BCUT2D eigenvalue weighted by Gasteiger charge is -2.17. The van der Waals surface area contributed by atoms with Crippen LogP contribution in [0.4, 0.5) is 0 Å². The van der Waals surface area contributed by atoms with Crippen LogP contribution in [0.3, 0.4) is 0 Å². The van der Waals surface area contributed by atoms with E-state index in [1.54, 1.807) is 23.7 Å². The van der Waals surface area contributed by atoms with Crippen molar-refractivity contribution in [1.82, 2.24) is 19.4 Å². The molecule has 4 heterocycles. The molecular weight excluding hydrogens is 386 g/mol. The Morgan fingerprint density at radius 1 is 1.34 bits per heavy atom. The number of carbonyl (C=O) groups is 2. The molecule has 8 heteroatoms. The van der Waals surface area contributed by atoms with Gasteiger partial charge in [0, 0.05) is 55.1 Å². The van der Waals surface area contributed by atoms with Crippen molar-refractivity contribution >= 4 is 23.2 Å². The van der Waals surface area contributed by atoms with Gasteiger partial charge in [0.2, 0.25) is 5.91 Å². The molecule has 0 bridgehead atoms. The average molecular weight is 410 g/mol. The van der Waals surface area contributed by atoms with Crippen molar-refractivity contribution < 1.29 is 9.59 Å². The van der Waals surface area contributed by atoms with Gasteiger partial charge in [-0.15, -0.1) is 11.3 Å². The van der Waals surface area contributed by atoms with Gasteiger partial charge in [0.25, 0.3) is 5.91 Å². The van der Waals surface area contributed by atoms with Crippen LogP contribution in [0.15, 0.2) is 36.0 Å². The van der Waals surface area contributed by atoms with E-state index in [4.69, 9.17) is 10.7 Å². The summed E-state index contributed by atoms with van der Waals surface area (Å²) in [5.41, 5.74) is 9.56. The van der Waals surface area contributed by atoms with Gasteiger partial charge in [0.1, 0.15) is 5.01 Å². The smallest absolute Gasteiger partial charge is 0.250 e. The van der Waals surface area contributed by atoms with Crippen LogP contribution in [0.25, 0.3) is 22.0 Å². The van der Waals surface area contributed by atoms with E-state index >= 15 is 0 Å². The molecule has 0 radical (unpaired) electrons. The highest BCUT2D eigenvalue weighted by Crippen LogP contribution is 2.31. The molecule has 150 valence electrons. The standard InChI is InChI=1S/C21H23N5O2S/c1-14-16(20(22)28)11-18(26(14)10-4-9-25-8-3-6-19(25)27)17-13-29-21(24-17)15-5-2-7-23-12-15/h2,5,7,11-13H,3-4,6,8-10H2,1H3,(H2,22,28). The second-order valence-electron chi connectivity index (χ2n) is 7.16. The highest BCUT2D eigenvalue weighted by atomic mass is 32.1. The highest BCUT2D eigenvalue weighted by molar-refractivity contribution is 7.13. The first kappa shape index (κ1) is 19.3. The van der Waals surface area contributed by atoms with E-state index < -0.39 is 5.91 Å². The highest BCUT2D eigenvalue weighted by Gasteiger charge is 2.21. The minimum Gasteiger partial charge on any atom is -0.366 e. The lowest BCUT2D eigenvalue weighted by molar-refractivity contribution is -0.127. The Balaban J connectivity index is 1.60. The maximum absolute atomic E-state index is 11.9. The monoisotopic (exact) mass is 409 g/mol. The zero-order valence-corrected chi connectivity index (χ0v) is 17.1. The van der Waals surface area contributed by atoms with Crippen molar-refractivity contribution in [2.24, 2.45) is 5.73 Å². The molecule has 1 saturated heterocycles. The number of pyridine rings is 1.